The molecule has 4 rings (SSSR count). The molecule has 2 saturated heterocycles. The average Bonchev–Trinajstić information content (AvgIpc) is 3.31. The van der Waals surface area contributed by atoms with Gasteiger partial charge in [0.2, 0.25) is 10.0 Å². The maximum absolute atomic E-state index is 14.4. The topological polar surface area (TPSA) is 69.7 Å². The van der Waals surface area contributed by atoms with Crippen molar-refractivity contribution in [3.63, 3.8) is 0 Å². The second-order valence-electron chi connectivity index (χ2n) is 8.26. The number of hydrogen-bond donors (Lipinski definition) is 1. The predicted molar refractivity (Wildman–Crippen MR) is 120 cm³/mol. The van der Waals surface area contributed by atoms with Crippen LogP contribution in [0, 0.1) is 12.7 Å². The van der Waals surface area contributed by atoms with Gasteiger partial charge in [-0.2, -0.15) is 4.31 Å². The standard InChI is InChI=1S/C23H28FN3O3S/c1-17-15-19(26-11-5-6-12-26)8-10-21(17)25-23(28)18-7-9-20(24)22(16-18)31(29,30)27-13-3-2-4-14-27/h7-10,15-16H,2-6,11-14H2,1H3,(H,25,28). The smallest absolute Gasteiger partial charge is 0.255 e. The number of carbonyl (C=O) groups is 1. The van der Waals surface area contributed by atoms with Crippen LogP contribution in [0.5, 0.6) is 0 Å². The number of sulfonamides is 1. The Labute approximate surface area is 183 Å². The van der Waals surface area contributed by atoms with Gasteiger partial charge in [-0.25, -0.2) is 12.8 Å². The van der Waals surface area contributed by atoms with Gasteiger partial charge < -0.3 is 10.2 Å². The number of piperidine rings is 1. The minimum Gasteiger partial charge on any atom is -0.372 e. The van der Waals surface area contributed by atoms with E-state index in [1.165, 1.54) is 23.2 Å². The molecule has 1 amide bonds. The number of amides is 1. The second kappa shape index (κ2) is 8.96. The van der Waals surface area contributed by atoms with Gasteiger partial charge in [0.15, 0.2) is 0 Å². The number of rotatable bonds is 5. The third-order valence-corrected chi connectivity index (χ3v) is 7.97. The molecule has 2 fully saturated rings. The Bertz CT molecular complexity index is 1080. The quantitative estimate of drug-likeness (QED) is 0.750. The molecule has 2 heterocycles. The van der Waals surface area contributed by atoms with E-state index in [1.807, 2.05) is 25.1 Å². The van der Waals surface area contributed by atoms with Crippen molar-refractivity contribution in [2.24, 2.45) is 0 Å². The van der Waals surface area contributed by atoms with Crippen molar-refractivity contribution in [1.82, 2.24) is 4.31 Å². The minimum atomic E-state index is -3.97. The molecule has 2 aliphatic heterocycles. The van der Waals surface area contributed by atoms with E-state index in [0.29, 0.717) is 18.8 Å². The highest BCUT2D eigenvalue weighted by Gasteiger charge is 2.29. The van der Waals surface area contributed by atoms with Crippen LogP contribution in [0.3, 0.4) is 0 Å². The van der Waals surface area contributed by atoms with Gasteiger partial charge in [-0.15, -0.1) is 0 Å². The molecule has 0 radical (unpaired) electrons. The molecule has 1 N–H and O–H groups in total. The van der Waals surface area contributed by atoms with Crippen molar-refractivity contribution in [2.45, 2.75) is 43.9 Å². The summed E-state index contributed by atoms with van der Waals surface area (Å²) < 4.78 is 41.5. The van der Waals surface area contributed by atoms with Crippen molar-refractivity contribution in [1.29, 1.82) is 0 Å². The first kappa shape index (κ1) is 21.8. The minimum absolute atomic E-state index is 0.111. The van der Waals surface area contributed by atoms with E-state index < -0.39 is 26.6 Å². The molecule has 2 aromatic carbocycles. The average molecular weight is 446 g/mol. The fraction of sp³-hybridized carbons (Fsp3) is 0.435. The van der Waals surface area contributed by atoms with E-state index in [2.05, 4.69) is 10.2 Å². The molecule has 0 aromatic heterocycles. The van der Waals surface area contributed by atoms with Gasteiger partial charge >= 0.3 is 0 Å². The summed E-state index contributed by atoms with van der Waals surface area (Å²) in [5.41, 5.74) is 2.81. The first-order chi connectivity index (χ1) is 14.9. The Morgan fingerprint density at radius 2 is 1.61 bits per heavy atom. The van der Waals surface area contributed by atoms with Crippen LogP contribution in [0.4, 0.5) is 15.8 Å². The largest absolute Gasteiger partial charge is 0.372 e. The van der Waals surface area contributed by atoms with Gasteiger partial charge in [0, 0.05) is 43.1 Å². The van der Waals surface area contributed by atoms with Crippen LogP contribution in [0.15, 0.2) is 41.3 Å². The maximum Gasteiger partial charge on any atom is 0.255 e. The van der Waals surface area contributed by atoms with Crippen molar-refractivity contribution in [3.8, 4) is 0 Å². The zero-order valence-corrected chi connectivity index (χ0v) is 18.5. The van der Waals surface area contributed by atoms with Gasteiger partial charge in [-0.1, -0.05) is 6.42 Å². The second-order valence-corrected chi connectivity index (χ2v) is 10.2. The monoisotopic (exact) mass is 445 g/mol. The molecule has 6 nitrogen and oxygen atoms in total. The van der Waals surface area contributed by atoms with Crippen LogP contribution < -0.4 is 10.2 Å². The summed E-state index contributed by atoms with van der Waals surface area (Å²) >= 11 is 0. The third-order valence-electron chi connectivity index (χ3n) is 6.06. The summed E-state index contributed by atoms with van der Waals surface area (Å²) in [6, 6.07) is 9.38. The Kier molecular flexibility index (Phi) is 6.29. The van der Waals surface area contributed by atoms with E-state index in [0.717, 1.165) is 55.7 Å². The zero-order valence-electron chi connectivity index (χ0n) is 17.7. The van der Waals surface area contributed by atoms with Crippen molar-refractivity contribution >= 4 is 27.3 Å². The molecular weight excluding hydrogens is 417 g/mol. The molecule has 0 saturated carbocycles. The van der Waals surface area contributed by atoms with Crippen molar-refractivity contribution in [3.05, 3.63) is 53.3 Å². The molecule has 0 unspecified atom stereocenters. The Morgan fingerprint density at radius 1 is 0.935 bits per heavy atom. The first-order valence-corrected chi connectivity index (χ1v) is 12.3. The van der Waals surface area contributed by atoms with Crippen molar-refractivity contribution < 1.29 is 17.6 Å². The van der Waals surface area contributed by atoms with Crippen LogP contribution in [0.1, 0.15) is 48.0 Å². The number of nitrogens with one attached hydrogen (secondary N) is 1. The molecule has 31 heavy (non-hydrogen) atoms. The van der Waals surface area contributed by atoms with E-state index >= 15 is 0 Å². The number of halogens is 1. The van der Waals surface area contributed by atoms with Crippen LogP contribution in [0.2, 0.25) is 0 Å². The molecule has 8 heteroatoms. The Balaban J connectivity index is 1.54. The van der Waals surface area contributed by atoms with Crippen molar-refractivity contribution in [2.75, 3.05) is 36.4 Å². The van der Waals surface area contributed by atoms with Gasteiger partial charge in [-0.05, 0) is 74.6 Å². The van der Waals surface area contributed by atoms with Crippen LogP contribution in [0.25, 0.3) is 0 Å². The highest BCUT2D eigenvalue weighted by molar-refractivity contribution is 7.89. The highest BCUT2D eigenvalue weighted by Crippen LogP contribution is 2.27. The molecular formula is C23H28FN3O3S. The molecule has 0 bridgehead atoms. The summed E-state index contributed by atoms with van der Waals surface area (Å²) in [5, 5.41) is 2.83. The maximum atomic E-state index is 14.4. The summed E-state index contributed by atoms with van der Waals surface area (Å²) in [7, 11) is -3.97. The number of nitrogens with zero attached hydrogens (tertiary/aromatic N) is 2. The Morgan fingerprint density at radius 3 is 2.29 bits per heavy atom. The van der Waals surface area contributed by atoms with Crippen LogP contribution in [-0.4, -0.2) is 44.8 Å². The van der Waals surface area contributed by atoms with E-state index in [4.69, 9.17) is 0 Å². The van der Waals surface area contributed by atoms with E-state index in [9.17, 15) is 17.6 Å². The molecule has 0 spiro atoms. The fourth-order valence-electron chi connectivity index (χ4n) is 4.24. The summed E-state index contributed by atoms with van der Waals surface area (Å²) in [4.78, 5) is 14.7. The lowest BCUT2D eigenvalue weighted by molar-refractivity contribution is 0.102. The normalized spacial score (nSPS) is 17.7. The van der Waals surface area contributed by atoms with Gasteiger partial charge in [-0.3, -0.25) is 4.79 Å². The van der Waals surface area contributed by atoms with Gasteiger partial charge in [0.05, 0.1) is 0 Å². The fourth-order valence-corrected chi connectivity index (χ4v) is 5.85. The number of benzene rings is 2. The number of anilines is 2. The van der Waals surface area contributed by atoms with Gasteiger partial charge in [0.25, 0.3) is 5.91 Å². The Hall–Kier alpha value is -2.45. The predicted octanol–water partition coefficient (Wildman–Crippen LogP) is 4.16. The van der Waals surface area contributed by atoms with Crippen LogP contribution in [-0.2, 0) is 10.0 Å². The molecule has 0 atom stereocenters. The summed E-state index contributed by atoms with van der Waals surface area (Å²) in [5.74, 6) is -1.31. The van der Waals surface area contributed by atoms with Crippen LogP contribution >= 0.6 is 0 Å². The number of carbonyl (C=O) groups excluding carboxylic acids is 1. The number of hydrogen-bond acceptors (Lipinski definition) is 4. The lowest BCUT2D eigenvalue weighted by atomic mass is 10.1. The van der Waals surface area contributed by atoms with E-state index in [1.54, 1.807) is 0 Å². The lowest BCUT2D eigenvalue weighted by Crippen LogP contribution is -2.36. The lowest BCUT2D eigenvalue weighted by Gasteiger charge is -2.26. The molecule has 2 aliphatic rings. The van der Waals surface area contributed by atoms with Gasteiger partial charge in [0.1, 0.15) is 10.7 Å². The number of aryl methyl sites for hydroxylation is 1. The molecule has 166 valence electrons. The summed E-state index contributed by atoms with van der Waals surface area (Å²) in [6.45, 7) is 4.75. The molecule has 0 aliphatic carbocycles. The first-order valence-electron chi connectivity index (χ1n) is 10.8. The molecule has 2 aromatic rings. The zero-order chi connectivity index (χ0) is 22.0. The SMILES string of the molecule is Cc1cc(N2CCCC2)ccc1NC(=O)c1ccc(F)c(S(=O)(=O)N2CCCCC2)c1. The van der Waals surface area contributed by atoms with E-state index in [-0.39, 0.29) is 5.56 Å². The highest BCUT2D eigenvalue weighted by atomic mass is 32.2. The summed E-state index contributed by atoms with van der Waals surface area (Å²) in [6.07, 6.45) is 4.85. The third kappa shape index (κ3) is 4.60.